The van der Waals surface area contributed by atoms with Crippen molar-refractivity contribution in [3.63, 3.8) is 0 Å². The summed E-state index contributed by atoms with van der Waals surface area (Å²) in [5.41, 5.74) is 6.43. The van der Waals surface area contributed by atoms with Crippen LogP contribution in [0.3, 0.4) is 0 Å². The predicted molar refractivity (Wildman–Crippen MR) is 73.8 cm³/mol. The Morgan fingerprint density at radius 3 is 2.63 bits per heavy atom. The van der Waals surface area contributed by atoms with E-state index < -0.39 is 6.10 Å². The molecule has 1 aromatic heterocycles. The van der Waals surface area contributed by atoms with Crippen LogP contribution in [0.5, 0.6) is 0 Å². The van der Waals surface area contributed by atoms with Gasteiger partial charge in [-0.3, -0.25) is 0 Å². The lowest BCUT2D eigenvalue weighted by atomic mass is 10.1. The summed E-state index contributed by atoms with van der Waals surface area (Å²) >= 11 is 0. The van der Waals surface area contributed by atoms with Crippen molar-refractivity contribution in [3.8, 4) is 6.07 Å². The third-order valence-corrected chi connectivity index (χ3v) is 3.72. The number of nitrogens with zero attached hydrogens (tertiary/aromatic N) is 4. The van der Waals surface area contributed by atoms with E-state index in [1.54, 1.807) is 9.58 Å². The largest absolute Gasteiger partial charge is 0.391 e. The summed E-state index contributed by atoms with van der Waals surface area (Å²) in [6, 6.07) is 1.98. The molecule has 1 aliphatic rings. The maximum absolute atomic E-state index is 10.2. The molecule has 3 N–H and O–H groups in total. The van der Waals surface area contributed by atoms with E-state index in [4.69, 9.17) is 5.73 Å². The number of rotatable bonds is 2. The van der Waals surface area contributed by atoms with Gasteiger partial charge in [0.15, 0.2) is 5.82 Å². The molecule has 19 heavy (non-hydrogen) atoms. The lowest BCUT2D eigenvalue weighted by molar-refractivity contribution is 0.100. The first-order valence-corrected chi connectivity index (χ1v) is 6.69. The van der Waals surface area contributed by atoms with Gasteiger partial charge in [0.05, 0.1) is 12.1 Å². The van der Waals surface area contributed by atoms with Gasteiger partial charge in [-0.2, -0.15) is 10.4 Å². The first-order chi connectivity index (χ1) is 9.06. The van der Waals surface area contributed by atoms with E-state index in [0.717, 1.165) is 32.1 Å². The molecular weight excluding hydrogens is 242 g/mol. The van der Waals surface area contributed by atoms with Crippen LogP contribution in [0, 0.1) is 11.3 Å². The zero-order valence-electron chi connectivity index (χ0n) is 11.5. The maximum Gasteiger partial charge on any atom is 0.170 e. The molecule has 0 spiro atoms. The number of nitriles is 1. The fraction of sp³-hybridized carbons (Fsp3) is 0.692. The van der Waals surface area contributed by atoms with Gasteiger partial charge in [-0.15, -0.1) is 0 Å². The van der Waals surface area contributed by atoms with E-state index >= 15 is 0 Å². The SMILES string of the molecule is CN(C)c1nn(C2CCCCCC2O)c(N)c1C#N. The van der Waals surface area contributed by atoms with Gasteiger partial charge in [-0.25, -0.2) is 4.68 Å². The minimum atomic E-state index is -0.439. The molecule has 104 valence electrons. The van der Waals surface area contributed by atoms with Crippen LogP contribution < -0.4 is 10.6 Å². The van der Waals surface area contributed by atoms with Crippen molar-refractivity contribution >= 4 is 11.6 Å². The minimum Gasteiger partial charge on any atom is -0.391 e. The predicted octanol–water partition coefficient (Wildman–Crippen LogP) is 1.27. The minimum absolute atomic E-state index is 0.122. The van der Waals surface area contributed by atoms with Gasteiger partial charge in [-0.1, -0.05) is 19.3 Å². The van der Waals surface area contributed by atoms with Crippen molar-refractivity contribution in [2.75, 3.05) is 24.7 Å². The van der Waals surface area contributed by atoms with Crippen molar-refractivity contribution in [2.45, 2.75) is 44.2 Å². The lowest BCUT2D eigenvalue weighted by Gasteiger charge is -2.21. The number of nitrogens with two attached hydrogens (primary N) is 1. The zero-order chi connectivity index (χ0) is 14.0. The Bertz CT molecular complexity index is 488. The Morgan fingerprint density at radius 1 is 1.37 bits per heavy atom. The van der Waals surface area contributed by atoms with Gasteiger partial charge in [0.2, 0.25) is 0 Å². The van der Waals surface area contributed by atoms with Crippen LogP contribution in [-0.2, 0) is 0 Å². The van der Waals surface area contributed by atoms with Gasteiger partial charge in [0.25, 0.3) is 0 Å². The summed E-state index contributed by atoms with van der Waals surface area (Å²) in [5.74, 6) is 0.925. The highest BCUT2D eigenvalue weighted by Gasteiger charge is 2.28. The summed E-state index contributed by atoms with van der Waals surface area (Å²) in [6.07, 6.45) is 4.39. The molecule has 1 fully saturated rings. The van der Waals surface area contributed by atoms with Crippen LogP contribution in [0.4, 0.5) is 11.6 Å². The Balaban J connectivity index is 2.41. The monoisotopic (exact) mass is 263 g/mol. The molecule has 6 heteroatoms. The zero-order valence-corrected chi connectivity index (χ0v) is 11.5. The molecule has 1 heterocycles. The summed E-state index contributed by atoms with van der Waals surface area (Å²) in [6.45, 7) is 0. The molecule has 0 saturated heterocycles. The maximum atomic E-state index is 10.2. The third-order valence-electron chi connectivity index (χ3n) is 3.72. The smallest absolute Gasteiger partial charge is 0.170 e. The highest BCUT2D eigenvalue weighted by Crippen LogP contribution is 2.32. The highest BCUT2D eigenvalue weighted by molar-refractivity contribution is 5.64. The number of hydrogen-bond acceptors (Lipinski definition) is 5. The van der Waals surface area contributed by atoms with Crippen molar-refractivity contribution in [1.29, 1.82) is 5.26 Å². The molecule has 0 radical (unpaired) electrons. The third kappa shape index (κ3) is 2.51. The first kappa shape index (κ1) is 13.7. The Kier molecular flexibility index (Phi) is 3.96. The van der Waals surface area contributed by atoms with E-state index in [2.05, 4.69) is 11.2 Å². The van der Waals surface area contributed by atoms with Crippen LogP contribution in [0.15, 0.2) is 0 Å². The number of nitrogen functional groups attached to an aromatic ring is 1. The number of hydrogen-bond donors (Lipinski definition) is 2. The topological polar surface area (TPSA) is 91.1 Å². The molecule has 0 amide bonds. The average Bonchev–Trinajstić information content (AvgIpc) is 2.55. The lowest BCUT2D eigenvalue weighted by Crippen LogP contribution is -2.25. The standard InChI is InChI=1S/C13H21N5O/c1-17(2)13-9(8-14)12(15)18(16-13)10-6-4-3-5-7-11(10)19/h10-11,19H,3-7,15H2,1-2H3. The van der Waals surface area contributed by atoms with Gasteiger partial charge in [0.1, 0.15) is 17.5 Å². The van der Waals surface area contributed by atoms with Gasteiger partial charge in [-0.05, 0) is 12.8 Å². The summed E-state index contributed by atoms with van der Waals surface area (Å²) in [7, 11) is 3.66. The molecule has 2 rings (SSSR count). The molecule has 6 nitrogen and oxygen atoms in total. The Hall–Kier alpha value is -1.74. The van der Waals surface area contributed by atoms with E-state index in [0.29, 0.717) is 17.2 Å². The fourth-order valence-corrected chi connectivity index (χ4v) is 2.66. The molecule has 1 saturated carbocycles. The second kappa shape index (κ2) is 5.49. The van der Waals surface area contributed by atoms with E-state index in [1.165, 1.54) is 0 Å². The van der Waals surface area contributed by atoms with E-state index in [1.807, 2.05) is 14.1 Å². The number of aliphatic hydroxyl groups excluding tert-OH is 1. The normalized spacial score (nSPS) is 23.7. The second-order valence-electron chi connectivity index (χ2n) is 5.31. The number of aromatic nitrogens is 2. The molecule has 2 atom stereocenters. The highest BCUT2D eigenvalue weighted by atomic mass is 16.3. The Labute approximate surface area is 113 Å². The van der Waals surface area contributed by atoms with Crippen LogP contribution in [0.1, 0.15) is 43.7 Å². The van der Waals surface area contributed by atoms with Gasteiger partial charge >= 0.3 is 0 Å². The Morgan fingerprint density at radius 2 is 2.05 bits per heavy atom. The van der Waals surface area contributed by atoms with Gasteiger partial charge < -0.3 is 15.7 Å². The van der Waals surface area contributed by atoms with Crippen molar-refractivity contribution in [1.82, 2.24) is 9.78 Å². The van der Waals surface area contributed by atoms with Crippen LogP contribution >= 0.6 is 0 Å². The molecule has 2 unspecified atom stereocenters. The van der Waals surface area contributed by atoms with E-state index in [-0.39, 0.29) is 6.04 Å². The number of anilines is 2. The molecule has 0 aliphatic heterocycles. The fourth-order valence-electron chi connectivity index (χ4n) is 2.66. The van der Waals surface area contributed by atoms with Crippen molar-refractivity contribution in [2.24, 2.45) is 0 Å². The van der Waals surface area contributed by atoms with Crippen molar-refractivity contribution < 1.29 is 5.11 Å². The van der Waals surface area contributed by atoms with Gasteiger partial charge in [0, 0.05) is 14.1 Å². The van der Waals surface area contributed by atoms with Crippen LogP contribution in [0.25, 0.3) is 0 Å². The number of aliphatic hydroxyl groups is 1. The van der Waals surface area contributed by atoms with Crippen LogP contribution in [-0.4, -0.2) is 35.1 Å². The quantitative estimate of drug-likeness (QED) is 0.784. The second-order valence-corrected chi connectivity index (χ2v) is 5.31. The summed E-state index contributed by atoms with van der Waals surface area (Å²) < 4.78 is 1.64. The summed E-state index contributed by atoms with van der Waals surface area (Å²) in [5, 5.41) is 23.9. The first-order valence-electron chi connectivity index (χ1n) is 6.69. The molecular formula is C13H21N5O. The van der Waals surface area contributed by atoms with E-state index in [9.17, 15) is 10.4 Å². The summed E-state index contributed by atoms with van der Waals surface area (Å²) in [4.78, 5) is 1.77. The molecule has 0 bridgehead atoms. The molecule has 0 aromatic carbocycles. The van der Waals surface area contributed by atoms with Crippen LogP contribution in [0.2, 0.25) is 0 Å². The average molecular weight is 263 g/mol. The van der Waals surface area contributed by atoms with Crippen molar-refractivity contribution in [3.05, 3.63) is 5.56 Å². The molecule has 1 aliphatic carbocycles. The molecule has 1 aromatic rings.